The van der Waals surface area contributed by atoms with Crippen LogP contribution in [0, 0.1) is 15.9 Å². The first-order valence-electron chi connectivity index (χ1n) is 6.28. The molecule has 1 N–H and O–H groups in total. The molecule has 1 heterocycles. The fraction of sp³-hybridized carbons (Fsp3) is 0.308. The highest BCUT2D eigenvalue weighted by molar-refractivity contribution is 5.34. The molecule has 0 aliphatic rings. The Labute approximate surface area is 115 Å². The van der Waals surface area contributed by atoms with Crippen LogP contribution < -0.4 is 5.32 Å². The van der Waals surface area contributed by atoms with Gasteiger partial charge >= 0.3 is 5.69 Å². The van der Waals surface area contributed by atoms with E-state index in [1.807, 2.05) is 16.9 Å². The van der Waals surface area contributed by atoms with E-state index < -0.39 is 16.4 Å². The molecule has 106 valence electrons. The van der Waals surface area contributed by atoms with Gasteiger partial charge in [-0.25, -0.2) is 0 Å². The summed E-state index contributed by atoms with van der Waals surface area (Å²) in [5.74, 6) is -0.800. The van der Waals surface area contributed by atoms with Gasteiger partial charge in [0.1, 0.15) is 0 Å². The van der Waals surface area contributed by atoms with Crippen molar-refractivity contribution in [3.63, 3.8) is 0 Å². The number of nitro benzene ring substituents is 1. The number of aromatic nitrogens is 2. The molecule has 1 aromatic heterocycles. The summed E-state index contributed by atoms with van der Waals surface area (Å²) in [6.45, 7) is 2.06. The van der Waals surface area contributed by atoms with Gasteiger partial charge in [-0.3, -0.25) is 14.8 Å². The van der Waals surface area contributed by atoms with E-state index in [1.165, 1.54) is 12.1 Å². The molecule has 20 heavy (non-hydrogen) atoms. The summed E-state index contributed by atoms with van der Waals surface area (Å²) in [6, 6.07) is 5.81. The summed E-state index contributed by atoms with van der Waals surface area (Å²) in [5, 5.41) is 17.7. The lowest BCUT2D eigenvalue weighted by Crippen LogP contribution is -2.16. The number of halogens is 1. The van der Waals surface area contributed by atoms with Gasteiger partial charge < -0.3 is 5.32 Å². The van der Waals surface area contributed by atoms with E-state index in [0.717, 1.165) is 19.5 Å². The molecule has 2 rings (SSSR count). The normalized spacial score (nSPS) is 10.7. The molecule has 0 aliphatic carbocycles. The van der Waals surface area contributed by atoms with Crippen molar-refractivity contribution in [3.8, 4) is 0 Å². The topological polar surface area (TPSA) is 73.0 Å². The SMILES string of the molecule is O=[N+]([O-])c1ccc(CNCCCn2cccn2)cc1F. The molecule has 0 saturated heterocycles. The van der Waals surface area contributed by atoms with E-state index in [0.29, 0.717) is 12.1 Å². The minimum absolute atomic E-state index is 0.480. The molecule has 0 bridgehead atoms. The molecular weight excluding hydrogens is 263 g/mol. The molecule has 0 atom stereocenters. The van der Waals surface area contributed by atoms with Crippen LogP contribution >= 0.6 is 0 Å². The summed E-state index contributed by atoms with van der Waals surface area (Å²) in [5.41, 5.74) is 0.194. The average Bonchev–Trinajstić information content (AvgIpc) is 2.91. The highest BCUT2D eigenvalue weighted by Gasteiger charge is 2.13. The van der Waals surface area contributed by atoms with Crippen LogP contribution in [0.25, 0.3) is 0 Å². The minimum Gasteiger partial charge on any atom is -0.313 e. The van der Waals surface area contributed by atoms with Crippen LogP contribution in [0.5, 0.6) is 0 Å². The highest BCUT2D eigenvalue weighted by atomic mass is 19.1. The molecular formula is C13H15FN4O2. The molecule has 1 aromatic carbocycles. The van der Waals surface area contributed by atoms with E-state index in [-0.39, 0.29) is 0 Å². The van der Waals surface area contributed by atoms with Crippen LogP contribution in [-0.2, 0) is 13.1 Å². The molecule has 7 heteroatoms. The largest absolute Gasteiger partial charge is 0.313 e. The Morgan fingerprint density at radius 3 is 2.95 bits per heavy atom. The smallest absolute Gasteiger partial charge is 0.304 e. The zero-order chi connectivity index (χ0) is 14.4. The predicted octanol–water partition coefficient (Wildman–Crippen LogP) is 2.11. The number of nitrogens with one attached hydrogen (secondary N) is 1. The van der Waals surface area contributed by atoms with Crippen molar-refractivity contribution in [2.75, 3.05) is 6.54 Å². The fourth-order valence-corrected chi connectivity index (χ4v) is 1.84. The molecule has 0 amide bonds. The standard InChI is InChI=1S/C13H15FN4O2/c14-12-9-11(3-4-13(12)18(19)20)10-15-5-1-7-17-8-2-6-16-17/h2-4,6,8-9,15H,1,5,7,10H2. The second-order valence-electron chi connectivity index (χ2n) is 4.34. The van der Waals surface area contributed by atoms with Crippen LogP contribution in [0.3, 0.4) is 0 Å². The Morgan fingerprint density at radius 2 is 2.30 bits per heavy atom. The first-order chi connectivity index (χ1) is 9.66. The van der Waals surface area contributed by atoms with Crippen molar-refractivity contribution in [1.29, 1.82) is 0 Å². The van der Waals surface area contributed by atoms with E-state index >= 15 is 0 Å². The van der Waals surface area contributed by atoms with Gasteiger partial charge in [0, 0.05) is 31.5 Å². The quantitative estimate of drug-likeness (QED) is 0.478. The van der Waals surface area contributed by atoms with Gasteiger partial charge in [0.25, 0.3) is 0 Å². The lowest BCUT2D eigenvalue weighted by molar-refractivity contribution is -0.387. The first-order valence-corrected chi connectivity index (χ1v) is 6.28. The van der Waals surface area contributed by atoms with Gasteiger partial charge in [-0.15, -0.1) is 0 Å². The lowest BCUT2D eigenvalue weighted by atomic mass is 10.2. The summed E-state index contributed by atoms with van der Waals surface area (Å²) in [4.78, 5) is 9.76. The summed E-state index contributed by atoms with van der Waals surface area (Å²) >= 11 is 0. The number of rotatable bonds is 7. The zero-order valence-electron chi connectivity index (χ0n) is 10.8. The van der Waals surface area contributed by atoms with Gasteiger partial charge in [0.2, 0.25) is 5.82 Å². The van der Waals surface area contributed by atoms with Crippen molar-refractivity contribution in [1.82, 2.24) is 15.1 Å². The number of nitrogens with zero attached hydrogens (tertiary/aromatic N) is 3. The van der Waals surface area contributed by atoms with Gasteiger partial charge in [-0.2, -0.15) is 9.49 Å². The predicted molar refractivity (Wildman–Crippen MR) is 71.6 cm³/mol. The Balaban J connectivity index is 1.74. The van der Waals surface area contributed by atoms with Crippen LogP contribution in [0.15, 0.2) is 36.7 Å². The van der Waals surface area contributed by atoms with E-state index in [1.54, 1.807) is 12.3 Å². The van der Waals surface area contributed by atoms with Gasteiger partial charge in [0.05, 0.1) is 4.92 Å². The maximum absolute atomic E-state index is 13.4. The van der Waals surface area contributed by atoms with Crippen LogP contribution in [0.2, 0.25) is 0 Å². The molecule has 0 spiro atoms. The molecule has 0 saturated carbocycles. The second kappa shape index (κ2) is 6.76. The number of benzene rings is 1. The zero-order valence-corrected chi connectivity index (χ0v) is 10.8. The fourth-order valence-electron chi connectivity index (χ4n) is 1.84. The summed E-state index contributed by atoms with van der Waals surface area (Å²) in [7, 11) is 0. The molecule has 6 nitrogen and oxygen atoms in total. The minimum atomic E-state index is -0.800. The second-order valence-corrected chi connectivity index (χ2v) is 4.34. The Kier molecular flexibility index (Phi) is 4.78. The molecule has 0 fully saturated rings. The van der Waals surface area contributed by atoms with Gasteiger partial charge in [-0.1, -0.05) is 6.07 Å². The maximum atomic E-state index is 13.4. The lowest BCUT2D eigenvalue weighted by Gasteiger charge is -2.05. The first kappa shape index (κ1) is 14.1. The van der Waals surface area contributed by atoms with Crippen LogP contribution in [0.1, 0.15) is 12.0 Å². The third-order valence-corrected chi connectivity index (χ3v) is 2.84. The molecule has 0 radical (unpaired) electrons. The molecule has 0 unspecified atom stereocenters. The Bertz CT molecular complexity index is 572. The van der Waals surface area contributed by atoms with E-state index in [9.17, 15) is 14.5 Å². The Hall–Kier alpha value is -2.28. The number of hydrogen-bond donors (Lipinski definition) is 1. The summed E-state index contributed by atoms with van der Waals surface area (Å²) < 4.78 is 15.2. The van der Waals surface area contributed by atoms with E-state index in [2.05, 4.69) is 10.4 Å². The van der Waals surface area contributed by atoms with Gasteiger partial charge in [-0.05, 0) is 30.7 Å². The Morgan fingerprint density at radius 1 is 1.45 bits per heavy atom. The number of nitro groups is 1. The number of hydrogen-bond acceptors (Lipinski definition) is 4. The van der Waals surface area contributed by atoms with Crippen molar-refractivity contribution in [2.24, 2.45) is 0 Å². The van der Waals surface area contributed by atoms with Gasteiger partial charge in [0.15, 0.2) is 0 Å². The van der Waals surface area contributed by atoms with Crippen molar-refractivity contribution in [3.05, 3.63) is 58.2 Å². The van der Waals surface area contributed by atoms with Crippen LogP contribution in [0.4, 0.5) is 10.1 Å². The highest BCUT2D eigenvalue weighted by Crippen LogP contribution is 2.17. The maximum Gasteiger partial charge on any atom is 0.304 e. The monoisotopic (exact) mass is 278 g/mol. The third-order valence-electron chi connectivity index (χ3n) is 2.84. The summed E-state index contributed by atoms with van der Waals surface area (Å²) in [6.07, 6.45) is 4.52. The van der Waals surface area contributed by atoms with Crippen molar-refractivity contribution in [2.45, 2.75) is 19.5 Å². The number of aryl methyl sites for hydroxylation is 1. The van der Waals surface area contributed by atoms with Crippen LogP contribution in [-0.4, -0.2) is 21.2 Å². The van der Waals surface area contributed by atoms with E-state index in [4.69, 9.17) is 0 Å². The third kappa shape index (κ3) is 3.86. The average molecular weight is 278 g/mol. The van der Waals surface area contributed by atoms with Crippen molar-refractivity contribution < 1.29 is 9.31 Å². The molecule has 2 aromatic rings. The van der Waals surface area contributed by atoms with Crippen molar-refractivity contribution >= 4 is 5.69 Å². The molecule has 0 aliphatic heterocycles.